The van der Waals surface area contributed by atoms with Gasteiger partial charge in [-0.05, 0) is 18.9 Å². The average Bonchev–Trinajstić information content (AvgIpc) is 2.86. The zero-order valence-corrected chi connectivity index (χ0v) is 7.66. The molecule has 66 valence electrons. The third-order valence-electron chi connectivity index (χ3n) is 2.37. The summed E-state index contributed by atoms with van der Waals surface area (Å²) in [6.45, 7) is 1.66. The molecule has 1 fully saturated rings. The zero-order chi connectivity index (χ0) is 9.26. The highest BCUT2D eigenvalue weighted by molar-refractivity contribution is 5.88. The van der Waals surface area contributed by atoms with Crippen LogP contribution in [0.15, 0.2) is 35.9 Å². The Balaban J connectivity index is 2.12. The van der Waals surface area contributed by atoms with Gasteiger partial charge in [0.1, 0.15) is 5.78 Å². The van der Waals surface area contributed by atoms with Crippen molar-refractivity contribution >= 4 is 11.9 Å². The maximum Gasteiger partial charge on any atom is 0.137 e. The standard InChI is InChI=1S/C12H12O/c1-9(13)12-8-11(12)7-10-5-3-2-4-6-10/h2-7,12H,8H2,1H3/b11-7-. The Morgan fingerprint density at radius 2 is 2.08 bits per heavy atom. The van der Waals surface area contributed by atoms with Crippen LogP contribution in [0.4, 0.5) is 0 Å². The lowest BCUT2D eigenvalue weighted by Gasteiger charge is -1.89. The summed E-state index contributed by atoms with van der Waals surface area (Å²) in [7, 11) is 0. The molecule has 1 aliphatic rings. The summed E-state index contributed by atoms with van der Waals surface area (Å²) in [5, 5.41) is 0. The number of carbonyl (C=O) groups excluding carboxylic acids is 1. The van der Waals surface area contributed by atoms with Crippen molar-refractivity contribution in [2.75, 3.05) is 0 Å². The first kappa shape index (κ1) is 8.24. The SMILES string of the molecule is CC(=O)C1C/C1=C/c1ccccc1. The van der Waals surface area contributed by atoms with Gasteiger partial charge in [0.05, 0.1) is 0 Å². The number of ketones is 1. The molecule has 0 amide bonds. The molecule has 1 aliphatic carbocycles. The van der Waals surface area contributed by atoms with E-state index >= 15 is 0 Å². The third kappa shape index (κ3) is 1.86. The van der Waals surface area contributed by atoms with Gasteiger partial charge < -0.3 is 0 Å². The summed E-state index contributed by atoms with van der Waals surface area (Å²) in [5.41, 5.74) is 2.47. The van der Waals surface area contributed by atoms with Gasteiger partial charge in [-0.1, -0.05) is 42.0 Å². The largest absolute Gasteiger partial charge is 0.299 e. The average molecular weight is 172 g/mol. The predicted molar refractivity (Wildman–Crippen MR) is 53.2 cm³/mol. The fraction of sp³-hybridized carbons (Fsp3) is 0.250. The van der Waals surface area contributed by atoms with Crippen LogP contribution in [-0.4, -0.2) is 5.78 Å². The van der Waals surface area contributed by atoms with Crippen molar-refractivity contribution < 1.29 is 4.79 Å². The smallest absolute Gasteiger partial charge is 0.137 e. The second-order valence-corrected chi connectivity index (χ2v) is 3.50. The number of rotatable bonds is 2. The van der Waals surface area contributed by atoms with Gasteiger partial charge in [-0.2, -0.15) is 0 Å². The molecular formula is C12H12O. The third-order valence-corrected chi connectivity index (χ3v) is 2.37. The number of hydrogen-bond donors (Lipinski definition) is 0. The second-order valence-electron chi connectivity index (χ2n) is 3.50. The molecule has 0 heterocycles. The van der Waals surface area contributed by atoms with Crippen LogP contribution in [0.25, 0.3) is 6.08 Å². The molecule has 1 atom stereocenters. The highest BCUT2D eigenvalue weighted by Crippen LogP contribution is 2.39. The molecule has 0 bridgehead atoms. The van der Waals surface area contributed by atoms with Crippen LogP contribution in [-0.2, 0) is 4.79 Å². The van der Waals surface area contributed by atoms with E-state index in [0.717, 1.165) is 6.42 Å². The molecule has 1 unspecified atom stereocenters. The van der Waals surface area contributed by atoms with Gasteiger partial charge in [0, 0.05) is 5.92 Å². The zero-order valence-electron chi connectivity index (χ0n) is 7.66. The summed E-state index contributed by atoms with van der Waals surface area (Å²) in [5.74, 6) is 0.516. The summed E-state index contributed by atoms with van der Waals surface area (Å²) < 4.78 is 0. The van der Waals surface area contributed by atoms with Crippen molar-refractivity contribution in [2.24, 2.45) is 5.92 Å². The van der Waals surface area contributed by atoms with Gasteiger partial charge in [0.25, 0.3) is 0 Å². The quantitative estimate of drug-likeness (QED) is 0.670. The van der Waals surface area contributed by atoms with Gasteiger partial charge in [-0.15, -0.1) is 0 Å². The topological polar surface area (TPSA) is 17.1 Å². The molecule has 0 spiro atoms. The molecule has 1 heteroatoms. The lowest BCUT2D eigenvalue weighted by atomic mass is 10.2. The second kappa shape index (κ2) is 3.17. The van der Waals surface area contributed by atoms with Crippen LogP contribution in [0.3, 0.4) is 0 Å². The van der Waals surface area contributed by atoms with E-state index < -0.39 is 0 Å². The van der Waals surface area contributed by atoms with Crippen molar-refractivity contribution in [3.05, 3.63) is 41.5 Å². The first-order valence-corrected chi connectivity index (χ1v) is 4.53. The van der Waals surface area contributed by atoms with Crippen molar-refractivity contribution in [3.63, 3.8) is 0 Å². The monoisotopic (exact) mass is 172 g/mol. The van der Waals surface area contributed by atoms with Crippen LogP contribution in [0, 0.1) is 5.92 Å². The number of benzene rings is 1. The van der Waals surface area contributed by atoms with E-state index in [-0.39, 0.29) is 5.92 Å². The molecular weight excluding hydrogens is 160 g/mol. The molecule has 0 saturated heterocycles. The van der Waals surface area contributed by atoms with E-state index in [1.165, 1.54) is 11.1 Å². The van der Waals surface area contributed by atoms with Gasteiger partial charge in [-0.3, -0.25) is 4.79 Å². The van der Waals surface area contributed by atoms with Crippen LogP contribution in [0.1, 0.15) is 18.9 Å². The molecule has 0 aliphatic heterocycles. The molecule has 13 heavy (non-hydrogen) atoms. The van der Waals surface area contributed by atoms with Gasteiger partial charge in [0.2, 0.25) is 0 Å². The number of hydrogen-bond acceptors (Lipinski definition) is 1. The van der Waals surface area contributed by atoms with Crippen LogP contribution >= 0.6 is 0 Å². The van der Waals surface area contributed by atoms with Crippen molar-refractivity contribution in [1.29, 1.82) is 0 Å². The lowest BCUT2D eigenvalue weighted by molar-refractivity contribution is -0.117. The Labute approximate surface area is 78.1 Å². The van der Waals surface area contributed by atoms with Crippen LogP contribution in [0.2, 0.25) is 0 Å². The van der Waals surface area contributed by atoms with Gasteiger partial charge in [-0.25, -0.2) is 0 Å². The summed E-state index contributed by atoms with van der Waals surface area (Å²) in [6, 6.07) is 10.1. The Morgan fingerprint density at radius 1 is 1.38 bits per heavy atom. The van der Waals surface area contributed by atoms with Gasteiger partial charge in [0.15, 0.2) is 0 Å². The minimum absolute atomic E-state index is 0.222. The highest BCUT2D eigenvalue weighted by atomic mass is 16.1. The van der Waals surface area contributed by atoms with E-state index in [4.69, 9.17) is 0 Å². The van der Waals surface area contributed by atoms with E-state index in [1.54, 1.807) is 6.92 Å². The molecule has 1 aromatic carbocycles. The molecule has 0 N–H and O–H groups in total. The molecule has 0 radical (unpaired) electrons. The summed E-state index contributed by atoms with van der Waals surface area (Å²) in [4.78, 5) is 11.0. The maximum absolute atomic E-state index is 11.0. The Hall–Kier alpha value is -1.37. The summed E-state index contributed by atoms with van der Waals surface area (Å²) in [6.07, 6.45) is 3.08. The predicted octanol–water partition coefficient (Wildman–Crippen LogP) is 2.68. The Bertz CT molecular complexity index is 349. The fourth-order valence-electron chi connectivity index (χ4n) is 1.50. The minimum Gasteiger partial charge on any atom is -0.299 e. The van der Waals surface area contributed by atoms with E-state index in [9.17, 15) is 4.79 Å². The Morgan fingerprint density at radius 3 is 2.62 bits per heavy atom. The van der Waals surface area contributed by atoms with Crippen LogP contribution < -0.4 is 0 Å². The number of carbonyl (C=O) groups is 1. The molecule has 0 aromatic heterocycles. The molecule has 2 rings (SSSR count). The molecule has 1 saturated carbocycles. The van der Waals surface area contributed by atoms with Crippen molar-refractivity contribution in [1.82, 2.24) is 0 Å². The number of Topliss-reactive ketones (excluding diaryl/α,β-unsaturated/α-hetero) is 1. The maximum atomic E-state index is 11.0. The minimum atomic E-state index is 0.222. The lowest BCUT2D eigenvalue weighted by Crippen LogP contribution is -1.90. The molecule has 1 nitrogen and oxygen atoms in total. The fourth-order valence-corrected chi connectivity index (χ4v) is 1.50. The van der Waals surface area contributed by atoms with Gasteiger partial charge >= 0.3 is 0 Å². The summed E-state index contributed by atoms with van der Waals surface area (Å²) >= 11 is 0. The molecule has 1 aromatic rings. The highest BCUT2D eigenvalue weighted by Gasteiger charge is 2.33. The van der Waals surface area contributed by atoms with E-state index in [1.807, 2.05) is 18.2 Å². The Kier molecular flexibility index (Phi) is 2.01. The first-order chi connectivity index (χ1) is 6.27. The van der Waals surface area contributed by atoms with Crippen molar-refractivity contribution in [2.45, 2.75) is 13.3 Å². The normalized spacial score (nSPS) is 23.2. The number of allylic oxidation sites excluding steroid dienone is 1. The van der Waals surface area contributed by atoms with Crippen LogP contribution in [0.5, 0.6) is 0 Å². The van der Waals surface area contributed by atoms with Crippen molar-refractivity contribution in [3.8, 4) is 0 Å². The van der Waals surface area contributed by atoms with E-state index in [2.05, 4.69) is 18.2 Å². The first-order valence-electron chi connectivity index (χ1n) is 4.53. The van der Waals surface area contributed by atoms with E-state index in [0.29, 0.717) is 5.78 Å².